The summed E-state index contributed by atoms with van der Waals surface area (Å²) in [6, 6.07) is 14.9. The van der Waals surface area contributed by atoms with Gasteiger partial charge in [-0.05, 0) is 30.0 Å². The zero-order valence-electron chi connectivity index (χ0n) is 17.8. The molecule has 9 heteroatoms. The molecule has 0 atom stereocenters. The number of nitrogens with one attached hydrogen (secondary N) is 4. The monoisotopic (exact) mass is 439 g/mol. The van der Waals surface area contributed by atoms with Crippen molar-refractivity contribution in [1.82, 2.24) is 24.9 Å². The summed E-state index contributed by atoms with van der Waals surface area (Å²) in [5, 5.41) is 7.47. The van der Waals surface area contributed by atoms with Gasteiger partial charge in [0.05, 0.1) is 11.1 Å². The number of hydrogen-bond acceptors (Lipinski definition) is 5. The lowest BCUT2D eigenvalue weighted by molar-refractivity contribution is 0.101. The molecule has 0 radical (unpaired) electrons. The number of rotatable bonds is 6. The minimum atomic E-state index is -0.376. The highest BCUT2D eigenvalue weighted by Gasteiger charge is 2.17. The van der Waals surface area contributed by atoms with Crippen molar-refractivity contribution in [2.24, 2.45) is 0 Å². The molecule has 0 spiro atoms. The highest BCUT2D eigenvalue weighted by Crippen LogP contribution is 2.22. The molecule has 3 aromatic heterocycles. The van der Waals surface area contributed by atoms with Crippen LogP contribution in [0.5, 0.6) is 0 Å². The Morgan fingerprint density at radius 1 is 0.970 bits per heavy atom. The Morgan fingerprint density at radius 3 is 2.64 bits per heavy atom. The molecular formula is C24H21N7O2. The number of benzene rings is 2. The van der Waals surface area contributed by atoms with Crippen LogP contribution in [0.2, 0.25) is 0 Å². The minimum absolute atomic E-state index is 0.236. The molecule has 2 aromatic carbocycles. The summed E-state index contributed by atoms with van der Waals surface area (Å²) in [4.78, 5) is 44.6. The number of aromatic nitrogens is 5. The maximum atomic E-state index is 13.0. The zero-order chi connectivity index (χ0) is 22.8. The predicted octanol–water partition coefficient (Wildman–Crippen LogP) is 4.29. The highest BCUT2D eigenvalue weighted by molar-refractivity contribution is 6.11. The lowest BCUT2D eigenvalue weighted by atomic mass is 10.1. The average Bonchev–Trinajstić information content (AvgIpc) is 3.48. The number of amides is 2. The van der Waals surface area contributed by atoms with Crippen molar-refractivity contribution in [1.29, 1.82) is 0 Å². The fourth-order valence-electron chi connectivity index (χ4n) is 3.77. The summed E-state index contributed by atoms with van der Waals surface area (Å²) in [7, 11) is 0. The first-order valence-electron chi connectivity index (χ1n) is 10.6. The van der Waals surface area contributed by atoms with Crippen molar-refractivity contribution >= 4 is 45.5 Å². The van der Waals surface area contributed by atoms with Crippen molar-refractivity contribution in [3.05, 3.63) is 77.9 Å². The second-order valence-electron chi connectivity index (χ2n) is 7.56. The second kappa shape index (κ2) is 8.54. The van der Waals surface area contributed by atoms with E-state index in [1.54, 1.807) is 36.7 Å². The van der Waals surface area contributed by atoms with E-state index < -0.39 is 0 Å². The number of carbonyl (C=O) groups excluding carboxylic acids is 2. The summed E-state index contributed by atoms with van der Waals surface area (Å²) >= 11 is 0. The lowest BCUT2D eigenvalue weighted by Gasteiger charge is -2.08. The van der Waals surface area contributed by atoms with E-state index in [0.717, 1.165) is 29.3 Å². The van der Waals surface area contributed by atoms with Gasteiger partial charge in [-0.2, -0.15) is 0 Å². The molecule has 5 aromatic rings. The van der Waals surface area contributed by atoms with Crippen LogP contribution in [0.1, 0.15) is 39.9 Å². The van der Waals surface area contributed by atoms with Crippen LogP contribution in [-0.4, -0.2) is 36.7 Å². The average molecular weight is 439 g/mol. The Morgan fingerprint density at radius 2 is 1.82 bits per heavy atom. The maximum absolute atomic E-state index is 13.0. The Balaban J connectivity index is 1.44. The van der Waals surface area contributed by atoms with E-state index in [9.17, 15) is 9.59 Å². The lowest BCUT2D eigenvalue weighted by Crippen LogP contribution is -2.16. The Bertz CT molecular complexity index is 1470. The Kier molecular flexibility index (Phi) is 5.27. The summed E-state index contributed by atoms with van der Waals surface area (Å²) in [6.45, 7) is 2.08. The van der Waals surface area contributed by atoms with Crippen molar-refractivity contribution in [3.8, 4) is 0 Å². The van der Waals surface area contributed by atoms with E-state index in [-0.39, 0.29) is 17.8 Å². The summed E-state index contributed by atoms with van der Waals surface area (Å²) in [6.07, 6.45) is 4.87. The number of fused-ring (bicyclic) bond motifs is 2. The number of aryl methyl sites for hydroxylation is 1. The first-order chi connectivity index (χ1) is 16.1. The van der Waals surface area contributed by atoms with Gasteiger partial charge in [0, 0.05) is 23.5 Å². The van der Waals surface area contributed by atoms with Gasteiger partial charge in [0.15, 0.2) is 0 Å². The minimum Gasteiger partial charge on any atom is -0.331 e. The van der Waals surface area contributed by atoms with Crippen molar-refractivity contribution in [2.45, 2.75) is 19.8 Å². The molecule has 0 saturated heterocycles. The smallest absolute Gasteiger partial charge is 0.276 e. The van der Waals surface area contributed by atoms with Crippen LogP contribution in [0.3, 0.4) is 0 Å². The molecule has 5 rings (SSSR count). The fourth-order valence-corrected chi connectivity index (χ4v) is 3.77. The van der Waals surface area contributed by atoms with Crippen LogP contribution in [0.4, 0.5) is 11.9 Å². The van der Waals surface area contributed by atoms with E-state index in [0.29, 0.717) is 28.2 Å². The number of aromatic amines is 2. The zero-order valence-corrected chi connectivity index (χ0v) is 17.8. The van der Waals surface area contributed by atoms with Gasteiger partial charge in [-0.15, -0.1) is 0 Å². The number of para-hydroxylation sites is 1. The van der Waals surface area contributed by atoms with E-state index in [1.807, 2.05) is 24.3 Å². The Hall–Kier alpha value is -4.53. The number of carbonyl (C=O) groups is 2. The molecule has 9 nitrogen and oxygen atoms in total. The predicted molar refractivity (Wildman–Crippen MR) is 126 cm³/mol. The molecule has 0 unspecified atom stereocenters. The quantitative estimate of drug-likeness (QED) is 0.314. The number of imidazole rings is 2. The van der Waals surface area contributed by atoms with Gasteiger partial charge in [0.1, 0.15) is 11.2 Å². The maximum Gasteiger partial charge on any atom is 0.276 e. The number of pyridine rings is 1. The summed E-state index contributed by atoms with van der Waals surface area (Å²) < 4.78 is 0. The third kappa shape index (κ3) is 4.03. The molecule has 2 amide bonds. The third-order valence-corrected chi connectivity index (χ3v) is 5.26. The molecule has 0 aliphatic carbocycles. The molecule has 33 heavy (non-hydrogen) atoms. The van der Waals surface area contributed by atoms with Crippen molar-refractivity contribution < 1.29 is 9.59 Å². The number of nitrogens with zero attached hydrogens (tertiary/aromatic N) is 3. The fraction of sp³-hybridized carbons (Fsp3) is 0.125. The standard InChI is InChI=1S/C24H21N7O2/c1-2-6-17-15-8-4-3-7-14(15)13-19(27-17)22(33)31-24-28-18-10-5-9-16(20(18)29-24)21(32)30-23-25-11-12-26-23/h3-5,7-13H,2,6H2,1H3,(H2,25,26,30,32)(H2,28,29,31,33). The van der Waals surface area contributed by atoms with E-state index >= 15 is 0 Å². The van der Waals surface area contributed by atoms with E-state index in [2.05, 4.69) is 42.5 Å². The summed E-state index contributed by atoms with van der Waals surface area (Å²) in [5.41, 5.74) is 2.62. The van der Waals surface area contributed by atoms with Gasteiger partial charge in [0.2, 0.25) is 11.9 Å². The normalized spacial score (nSPS) is 11.1. The molecular weight excluding hydrogens is 418 g/mol. The molecule has 0 fully saturated rings. The molecule has 0 bridgehead atoms. The van der Waals surface area contributed by atoms with Gasteiger partial charge in [-0.25, -0.2) is 15.0 Å². The van der Waals surface area contributed by atoms with Crippen molar-refractivity contribution in [2.75, 3.05) is 10.6 Å². The van der Waals surface area contributed by atoms with Crippen LogP contribution < -0.4 is 10.6 Å². The molecule has 164 valence electrons. The van der Waals surface area contributed by atoms with Crippen LogP contribution in [0.15, 0.2) is 60.9 Å². The number of anilines is 2. The van der Waals surface area contributed by atoms with Gasteiger partial charge < -0.3 is 9.97 Å². The molecule has 4 N–H and O–H groups in total. The largest absolute Gasteiger partial charge is 0.331 e. The topological polar surface area (TPSA) is 128 Å². The number of hydrogen-bond donors (Lipinski definition) is 4. The van der Waals surface area contributed by atoms with Crippen LogP contribution in [-0.2, 0) is 6.42 Å². The van der Waals surface area contributed by atoms with Crippen LogP contribution in [0, 0.1) is 0 Å². The second-order valence-corrected chi connectivity index (χ2v) is 7.56. The Labute approximate surface area is 188 Å². The van der Waals surface area contributed by atoms with Gasteiger partial charge in [0.25, 0.3) is 11.8 Å². The SMILES string of the molecule is CCCc1nc(C(=O)Nc2nc3c(C(=O)Nc4ncc[nH]4)cccc3[nH]2)cc2ccccc12. The molecule has 0 saturated carbocycles. The summed E-state index contributed by atoms with van der Waals surface area (Å²) in [5.74, 6) is -0.161. The van der Waals surface area contributed by atoms with Crippen LogP contribution in [0.25, 0.3) is 21.8 Å². The van der Waals surface area contributed by atoms with Gasteiger partial charge >= 0.3 is 0 Å². The van der Waals surface area contributed by atoms with Crippen LogP contribution >= 0.6 is 0 Å². The third-order valence-electron chi connectivity index (χ3n) is 5.26. The van der Waals surface area contributed by atoms with E-state index in [4.69, 9.17) is 0 Å². The van der Waals surface area contributed by atoms with Gasteiger partial charge in [-0.1, -0.05) is 43.7 Å². The number of H-pyrrole nitrogens is 2. The van der Waals surface area contributed by atoms with E-state index in [1.165, 1.54) is 0 Å². The molecule has 0 aliphatic rings. The van der Waals surface area contributed by atoms with Gasteiger partial charge in [-0.3, -0.25) is 20.2 Å². The van der Waals surface area contributed by atoms with Crippen molar-refractivity contribution in [3.63, 3.8) is 0 Å². The molecule has 0 aliphatic heterocycles. The first-order valence-corrected chi connectivity index (χ1v) is 10.6. The first kappa shape index (κ1) is 20.4. The highest BCUT2D eigenvalue weighted by atomic mass is 16.2. The molecule has 3 heterocycles.